The third kappa shape index (κ3) is 4.23. The van der Waals surface area contributed by atoms with Gasteiger partial charge in [-0.05, 0) is 17.5 Å². The van der Waals surface area contributed by atoms with Crippen LogP contribution in [0, 0.1) is 22.7 Å². The molecule has 1 aliphatic heterocycles. The number of hydrogen-bond acceptors (Lipinski definition) is 7. The zero-order valence-electron chi connectivity index (χ0n) is 15.8. The number of aromatic nitrogens is 1. The summed E-state index contributed by atoms with van der Waals surface area (Å²) in [6.45, 7) is 2.90. The predicted molar refractivity (Wildman–Crippen MR) is 109 cm³/mol. The molecule has 1 unspecified atom stereocenters. The van der Waals surface area contributed by atoms with E-state index in [1.807, 2.05) is 43.5 Å². The van der Waals surface area contributed by atoms with Gasteiger partial charge in [0.25, 0.3) is 0 Å². The molecule has 0 bridgehead atoms. The minimum Gasteiger partial charge on any atom is -0.353 e. The molecule has 8 heteroatoms. The highest BCUT2D eigenvalue weighted by Gasteiger charge is 2.27. The Labute approximate surface area is 173 Å². The van der Waals surface area contributed by atoms with E-state index in [1.165, 1.54) is 0 Å². The van der Waals surface area contributed by atoms with Gasteiger partial charge in [0.1, 0.15) is 28.2 Å². The quantitative estimate of drug-likeness (QED) is 0.735. The Morgan fingerprint density at radius 1 is 1.24 bits per heavy atom. The van der Waals surface area contributed by atoms with Gasteiger partial charge in [0.2, 0.25) is 12.2 Å². The van der Waals surface area contributed by atoms with Crippen molar-refractivity contribution in [3.05, 3.63) is 52.6 Å². The molecule has 1 atom stereocenters. The van der Waals surface area contributed by atoms with Crippen LogP contribution in [0.4, 0.5) is 5.82 Å². The minimum absolute atomic E-state index is 0.0861. The number of nitrogens with zero attached hydrogens (tertiary/aromatic N) is 4. The number of amides is 1. The van der Waals surface area contributed by atoms with Crippen LogP contribution < -0.4 is 10.2 Å². The van der Waals surface area contributed by atoms with Gasteiger partial charge in [-0.25, -0.2) is 4.98 Å². The lowest BCUT2D eigenvalue weighted by Gasteiger charge is -2.29. The average molecular weight is 404 g/mol. The molecule has 0 saturated carbocycles. The summed E-state index contributed by atoms with van der Waals surface area (Å²) in [5.41, 5.74) is 1.91. The van der Waals surface area contributed by atoms with Crippen LogP contribution in [0.3, 0.4) is 0 Å². The smallest absolute Gasteiger partial charge is 0.239 e. The molecule has 1 N–H and O–H groups in total. The highest BCUT2D eigenvalue weighted by atomic mass is 32.2. The molecule has 7 nitrogen and oxygen atoms in total. The van der Waals surface area contributed by atoms with Gasteiger partial charge in [-0.2, -0.15) is 10.5 Å². The summed E-state index contributed by atoms with van der Waals surface area (Å²) < 4.78 is 0. The molecule has 0 aliphatic carbocycles. The topological polar surface area (TPSA) is 110 Å². The van der Waals surface area contributed by atoms with Crippen LogP contribution in [-0.4, -0.2) is 36.8 Å². The largest absolute Gasteiger partial charge is 0.353 e. The molecule has 2 heterocycles. The summed E-state index contributed by atoms with van der Waals surface area (Å²) in [4.78, 5) is 29.8. The van der Waals surface area contributed by atoms with E-state index >= 15 is 0 Å². The SMILES string of the molecule is CCc1c(C#N)c(SC([C]=O)c2ccccc2)nc(N2CCNC(=O)C2)c1C#N. The predicted octanol–water partition coefficient (Wildman–Crippen LogP) is 2.27. The van der Waals surface area contributed by atoms with E-state index in [0.29, 0.717) is 41.5 Å². The van der Waals surface area contributed by atoms with E-state index in [4.69, 9.17) is 0 Å². The summed E-state index contributed by atoms with van der Waals surface area (Å²) in [6, 6.07) is 13.4. The molecule has 1 fully saturated rings. The Balaban J connectivity index is 2.12. The second kappa shape index (κ2) is 9.22. The average Bonchev–Trinajstić information content (AvgIpc) is 2.76. The van der Waals surface area contributed by atoms with Gasteiger partial charge >= 0.3 is 0 Å². The molecule has 1 aromatic carbocycles. The van der Waals surface area contributed by atoms with Gasteiger partial charge in [-0.3, -0.25) is 9.59 Å². The van der Waals surface area contributed by atoms with Gasteiger partial charge in [-0.15, -0.1) is 0 Å². The minimum atomic E-state index is -0.661. The number of anilines is 1. The number of pyridine rings is 1. The van der Waals surface area contributed by atoms with E-state index in [1.54, 1.807) is 4.90 Å². The molecule has 1 amide bonds. The summed E-state index contributed by atoms with van der Waals surface area (Å²) in [5, 5.41) is 22.0. The van der Waals surface area contributed by atoms with Crippen molar-refractivity contribution in [3.8, 4) is 12.1 Å². The van der Waals surface area contributed by atoms with Crippen molar-refractivity contribution in [2.75, 3.05) is 24.5 Å². The fraction of sp³-hybridized carbons (Fsp3) is 0.286. The molecular weight excluding hydrogens is 386 g/mol. The van der Waals surface area contributed by atoms with Crippen molar-refractivity contribution >= 4 is 29.8 Å². The normalized spacial score (nSPS) is 14.4. The maximum absolute atomic E-state index is 11.8. The third-order valence-corrected chi connectivity index (χ3v) is 5.73. The molecule has 1 aliphatic rings. The molecule has 1 aromatic heterocycles. The monoisotopic (exact) mass is 404 g/mol. The first-order chi connectivity index (χ1) is 14.1. The van der Waals surface area contributed by atoms with Crippen molar-refractivity contribution in [3.63, 3.8) is 0 Å². The van der Waals surface area contributed by atoms with E-state index < -0.39 is 5.25 Å². The number of piperazine rings is 1. The van der Waals surface area contributed by atoms with Crippen LogP contribution in [0.15, 0.2) is 35.4 Å². The van der Waals surface area contributed by atoms with Gasteiger partial charge in [0, 0.05) is 13.1 Å². The van der Waals surface area contributed by atoms with Crippen LogP contribution in [0.2, 0.25) is 0 Å². The second-order valence-electron chi connectivity index (χ2n) is 6.34. The lowest BCUT2D eigenvalue weighted by atomic mass is 10.0. The maximum Gasteiger partial charge on any atom is 0.239 e. The second-order valence-corrected chi connectivity index (χ2v) is 7.44. The molecule has 1 saturated heterocycles. The third-order valence-electron chi connectivity index (χ3n) is 4.60. The number of nitrogens with one attached hydrogen (secondary N) is 1. The first-order valence-corrected chi connectivity index (χ1v) is 9.98. The van der Waals surface area contributed by atoms with Gasteiger partial charge < -0.3 is 10.2 Å². The highest BCUT2D eigenvalue weighted by molar-refractivity contribution is 8.00. The summed E-state index contributed by atoms with van der Waals surface area (Å²) in [7, 11) is 0. The van der Waals surface area contributed by atoms with E-state index in [0.717, 1.165) is 17.3 Å². The molecule has 1 radical (unpaired) electrons. The Bertz CT molecular complexity index is 1010. The standard InChI is InChI=1S/C21H18N5O2S/c1-2-15-16(10-22)20(26-9-8-24-19(28)12-26)25-21(17(15)11-23)29-18(13-27)14-6-4-3-5-7-14/h3-7,18H,2,8-9,12H2,1H3,(H,24,28). The lowest BCUT2D eigenvalue weighted by molar-refractivity contribution is -0.120. The summed E-state index contributed by atoms with van der Waals surface area (Å²) >= 11 is 1.13. The van der Waals surface area contributed by atoms with E-state index in [-0.39, 0.29) is 18.0 Å². The Kier molecular flexibility index (Phi) is 6.48. The molecule has 2 aromatic rings. The van der Waals surface area contributed by atoms with E-state index in [9.17, 15) is 20.1 Å². The number of carbonyl (C=O) groups is 1. The molecule has 145 valence electrons. The fourth-order valence-electron chi connectivity index (χ4n) is 3.22. The highest BCUT2D eigenvalue weighted by Crippen LogP contribution is 2.38. The molecule has 29 heavy (non-hydrogen) atoms. The number of hydrogen-bond donors (Lipinski definition) is 1. The number of rotatable bonds is 6. The first kappa shape index (κ1) is 20.4. The molecule has 3 rings (SSSR count). The number of thioether (sulfide) groups is 1. The van der Waals surface area contributed by atoms with Crippen LogP contribution in [0.25, 0.3) is 0 Å². The maximum atomic E-state index is 11.8. The number of nitriles is 2. The zero-order chi connectivity index (χ0) is 20.8. The van der Waals surface area contributed by atoms with Crippen LogP contribution in [0.1, 0.15) is 34.4 Å². The van der Waals surface area contributed by atoms with Crippen molar-refractivity contribution in [2.24, 2.45) is 0 Å². The van der Waals surface area contributed by atoms with Crippen molar-refractivity contribution in [1.82, 2.24) is 10.3 Å². The summed E-state index contributed by atoms with van der Waals surface area (Å²) in [5.74, 6) is 0.223. The Hall–Kier alpha value is -3.36. The zero-order valence-corrected chi connectivity index (χ0v) is 16.6. The summed E-state index contributed by atoms with van der Waals surface area (Å²) in [6.07, 6.45) is 2.47. The lowest BCUT2D eigenvalue weighted by Crippen LogP contribution is -2.48. The molecular formula is C21H18N5O2S. The van der Waals surface area contributed by atoms with Crippen molar-refractivity contribution < 1.29 is 9.59 Å². The Morgan fingerprint density at radius 3 is 2.55 bits per heavy atom. The van der Waals surface area contributed by atoms with Gasteiger partial charge in [0.15, 0.2) is 0 Å². The van der Waals surface area contributed by atoms with Gasteiger partial charge in [0.05, 0.1) is 17.7 Å². The Morgan fingerprint density at radius 2 is 1.97 bits per heavy atom. The van der Waals surface area contributed by atoms with Crippen LogP contribution in [-0.2, 0) is 16.0 Å². The van der Waals surface area contributed by atoms with Gasteiger partial charge in [-0.1, -0.05) is 49.0 Å². The fourth-order valence-corrected chi connectivity index (χ4v) is 4.21. The van der Waals surface area contributed by atoms with Crippen LogP contribution >= 0.6 is 11.8 Å². The van der Waals surface area contributed by atoms with Crippen molar-refractivity contribution in [2.45, 2.75) is 23.6 Å². The van der Waals surface area contributed by atoms with E-state index in [2.05, 4.69) is 22.4 Å². The first-order valence-electron chi connectivity index (χ1n) is 9.10. The van der Waals surface area contributed by atoms with Crippen molar-refractivity contribution in [1.29, 1.82) is 10.5 Å². The number of benzene rings is 1. The van der Waals surface area contributed by atoms with Crippen LogP contribution in [0.5, 0.6) is 0 Å². The molecule has 0 spiro atoms. The number of carbonyl (C=O) groups excluding carboxylic acids is 2.